The molecule has 124 valence electrons. The number of fused-ring (bicyclic) bond motifs is 1. The molecule has 2 aliphatic rings. The van der Waals surface area contributed by atoms with Gasteiger partial charge in [-0.3, -0.25) is 9.59 Å². The minimum atomic E-state index is -0.653. The van der Waals surface area contributed by atoms with E-state index in [1.54, 1.807) is 25.7 Å². The van der Waals surface area contributed by atoms with Gasteiger partial charge in [-0.1, -0.05) is 0 Å². The number of primary amides is 1. The predicted octanol–water partition coefficient (Wildman–Crippen LogP) is 0.909. The largest absolute Gasteiger partial charge is 0.444 e. The first-order valence-corrected chi connectivity index (χ1v) is 7.80. The van der Waals surface area contributed by atoms with Gasteiger partial charge in [0.25, 0.3) is 0 Å². The van der Waals surface area contributed by atoms with Gasteiger partial charge in [-0.15, -0.1) is 0 Å². The fourth-order valence-corrected chi connectivity index (χ4v) is 3.22. The number of nitrogens with two attached hydrogens (primary N) is 1. The molecule has 2 fully saturated rings. The molecule has 2 saturated heterocycles. The topological polar surface area (TPSA) is 102 Å². The standard InChI is InChI=1S/C15H25N3O4/c1-15(2,3)22-14(21)17-10-6-4-5-9-7-8-11(12(16)19)18(9)13(10)20/h9-11H,4-8H2,1-3H3,(H2,16,19)(H,17,21)/t9?,10-,11-/m0/s1. The summed E-state index contributed by atoms with van der Waals surface area (Å²) in [7, 11) is 0. The van der Waals surface area contributed by atoms with Crippen LogP contribution in [0.3, 0.4) is 0 Å². The third-order valence-electron chi connectivity index (χ3n) is 4.10. The summed E-state index contributed by atoms with van der Waals surface area (Å²) in [5.41, 5.74) is 4.78. The molecule has 1 unspecified atom stereocenters. The van der Waals surface area contributed by atoms with Crippen molar-refractivity contribution in [1.29, 1.82) is 0 Å². The summed E-state index contributed by atoms with van der Waals surface area (Å²) in [5.74, 6) is -0.705. The van der Waals surface area contributed by atoms with Gasteiger partial charge in [0.15, 0.2) is 0 Å². The highest BCUT2D eigenvalue weighted by Crippen LogP contribution is 2.31. The lowest BCUT2D eigenvalue weighted by atomic mass is 10.1. The summed E-state index contributed by atoms with van der Waals surface area (Å²) < 4.78 is 5.20. The number of rotatable bonds is 2. The first-order chi connectivity index (χ1) is 10.2. The zero-order valence-corrected chi connectivity index (χ0v) is 13.4. The Labute approximate surface area is 130 Å². The Morgan fingerprint density at radius 3 is 2.50 bits per heavy atom. The van der Waals surface area contributed by atoms with Gasteiger partial charge in [0.05, 0.1) is 0 Å². The second-order valence-electron chi connectivity index (χ2n) is 7.02. The Bertz CT molecular complexity index is 472. The normalized spacial score (nSPS) is 28.8. The van der Waals surface area contributed by atoms with Gasteiger partial charge in [0.1, 0.15) is 17.7 Å². The Balaban J connectivity index is 2.08. The quantitative estimate of drug-likeness (QED) is 0.791. The molecule has 0 saturated carbocycles. The molecular weight excluding hydrogens is 286 g/mol. The molecular formula is C15H25N3O4. The number of nitrogens with one attached hydrogen (secondary N) is 1. The molecule has 0 aromatic rings. The van der Waals surface area contributed by atoms with Crippen molar-refractivity contribution in [3.8, 4) is 0 Å². The first kappa shape index (κ1) is 16.6. The molecule has 7 nitrogen and oxygen atoms in total. The van der Waals surface area contributed by atoms with Crippen molar-refractivity contribution >= 4 is 17.9 Å². The van der Waals surface area contributed by atoms with Gasteiger partial charge >= 0.3 is 6.09 Å². The van der Waals surface area contributed by atoms with Crippen molar-refractivity contribution < 1.29 is 19.1 Å². The molecule has 3 amide bonds. The zero-order chi connectivity index (χ0) is 16.5. The van der Waals surface area contributed by atoms with Crippen LogP contribution < -0.4 is 11.1 Å². The average Bonchev–Trinajstić information content (AvgIpc) is 2.72. The van der Waals surface area contributed by atoms with E-state index >= 15 is 0 Å². The van der Waals surface area contributed by atoms with Gasteiger partial charge in [0.2, 0.25) is 11.8 Å². The number of nitrogens with zero attached hydrogens (tertiary/aromatic N) is 1. The van der Waals surface area contributed by atoms with Crippen LogP contribution in [0.25, 0.3) is 0 Å². The molecule has 2 heterocycles. The van der Waals surface area contributed by atoms with Crippen LogP contribution >= 0.6 is 0 Å². The molecule has 7 heteroatoms. The SMILES string of the molecule is CC(C)(C)OC(=O)N[C@H]1CCCC2CC[C@@H](C(N)=O)N2C1=O. The third-order valence-corrected chi connectivity index (χ3v) is 4.10. The second-order valence-corrected chi connectivity index (χ2v) is 7.02. The molecule has 3 N–H and O–H groups in total. The lowest BCUT2D eigenvalue weighted by Crippen LogP contribution is -2.54. The van der Waals surface area contributed by atoms with Crippen LogP contribution in [-0.4, -0.2) is 46.5 Å². The monoisotopic (exact) mass is 311 g/mol. The van der Waals surface area contributed by atoms with Gasteiger partial charge in [0, 0.05) is 6.04 Å². The summed E-state index contributed by atoms with van der Waals surface area (Å²) in [6.07, 6.45) is 2.99. The van der Waals surface area contributed by atoms with Crippen LogP contribution in [0.4, 0.5) is 4.79 Å². The molecule has 0 aromatic heterocycles. The van der Waals surface area contributed by atoms with Gasteiger partial charge < -0.3 is 20.7 Å². The summed E-state index contributed by atoms with van der Waals surface area (Å²) in [6, 6.07) is -1.16. The van der Waals surface area contributed by atoms with Crippen LogP contribution in [0, 0.1) is 0 Å². The van der Waals surface area contributed by atoms with Crippen molar-refractivity contribution in [2.24, 2.45) is 5.73 Å². The summed E-state index contributed by atoms with van der Waals surface area (Å²) in [5, 5.41) is 2.63. The lowest BCUT2D eigenvalue weighted by molar-refractivity contribution is -0.140. The summed E-state index contributed by atoms with van der Waals surface area (Å²) in [4.78, 5) is 37.7. The molecule has 0 aromatic carbocycles. The lowest BCUT2D eigenvalue weighted by Gasteiger charge is -2.30. The Morgan fingerprint density at radius 1 is 1.23 bits per heavy atom. The highest BCUT2D eigenvalue weighted by molar-refractivity contribution is 5.91. The maximum Gasteiger partial charge on any atom is 0.408 e. The van der Waals surface area contributed by atoms with Crippen LogP contribution in [-0.2, 0) is 14.3 Å². The van der Waals surface area contributed by atoms with Crippen LogP contribution in [0.15, 0.2) is 0 Å². The van der Waals surface area contributed by atoms with Gasteiger partial charge in [-0.05, 0) is 52.9 Å². The summed E-state index contributed by atoms with van der Waals surface area (Å²) in [6.45, 7) is 5.29. The van der Waals surface area contributed by atoms with Crippen molar-refractivity contribution in [2.75, 3.05) is 0 Å². The Morgan fingerprint density at radius 2 is 1.91 bits per heavy atom. The molecule has 0 spiro atoms. The van der Waals surface area contributed by atoms with Crippen molar-refractivity contribution in [3.63, 3.8) is 0 Å². The maximum atomic E-state index is 12.7. The Kier molecular flexibility index (Phi) is 4.63. The molecule has 2 aliphatic heterocycles. The van der Waals surface area contributed by atoms with Gasteiger partial charge in [-0.25, -0.2) is 4.79 Å². The van der Waals surface area contributed by atoms with Crippen molar-refractivity contribution in [1.82, 2.24) is 10.2 Å². The number of alkyl carbamates (subject to hydrolysis) is 1. The number of hydrogen-bond acceptors (Lipinski definition) is 4. The van der Waals surface area contributed by atoms with Crippen molar-refractivity contribution in [3.05, 3.63) is 0 Å². The third kappa shape index (κ3) is 3.69. The van der Waals surface area contributed by atoms with E-state index in [9.17, 15) is 14.4 Å². The molecule has 0 aliphatic carbocycles. The molecule has 3 atom stereocenters. The molecule has 0 radical (unpaired) electrons. The minimum absolute atomic E-state index is 0.0513. The zero-order valence-electron chi connectivity index (χ0n) is 13.4. The Hall–Kier alpha value is -1.79. The van der Waals surface area contributed by atoms with E-state index in [0.717, 1.165) is 19.3 Å². The van der Waals surface area contributed by atoms with E-state index in [4.69, 9.17) is 10.5 Å². The van der Waals surface area contributed by atoms with E-state index in [1.807, 2.05) is 0 Å². The number of amides is 3. The van der Waals surface area contributed by atoms with Crippen LogP contribution in [0.2, 0.25) is 0 Å². The number of carbonyl (C=O) groups excluding carboxylic acids is 3. The number of carbonyl (C=O) groups is 3. The van der Waals surface area contributed by atoms with E-state index in [-0.39, 0.29) is 11.9 Å². The second kappa shape index (κ2) is 6.14. The molecule has 2 rings (SSSR count). The van der Waals surface area contributed by atoms with E-state index < -0.39 is 29.7 Å². The fourth-order valence-electron chi connectivity index (χ4n) is 3.22. The van der Waals surface area contributed by atoms with Crippen molar-refractivity contribution in [2.45, 2.75) is 76.6 Å². The van der Waals surface area contributed by atoms with Gasteiger partial charge in [-0.2, -0.15) is 0 Å². The maximum absolute atomic E-state index is 12.7. The highest BCUT2D eigenvalue weighted by Gasteiger charge is 2.44. The minimum Gasteiger partial charge on any atom is -0.444 e. The first-order valence-electron chi connectivity index (χ1n) is 7.80. The summed E-state index contributed by atoms with van der Waals surface area (Å²) >= 11 is 0. The average molecular weight is 311 g/mol. The molecule has 22 heavy (non-hydrogen) atoms. The molecule has 0 bridgehead atoms. The smallest absolute Gasteiger partial charge is 0.408 e. The fraction of sp³-hybridized carbons (Fsp3) is 0.800. The number of ether oxygens (including phenoxy) is 1. The highest BCUT2D eigenvalue weighted by atomic mass is 16.6. The van der Waals surface area contributed by atoms with E-state index in [0.29, 0.717) is 12.8 Å². The predicted molar refractivity (Wildman–Crippen MR) is 79.9 cm³/mol. The number of hydrogen-bond donors (Lipinski definition) is 2. The van der Waals surface area contributed by atoms with Crippen LogP contribution in [0.5, 0.6) is 0 Å². The van der Waals surface area contributed by atoms with Crippen LogP contribution in [0.1, 0.15) is 52.9 Å². The van der Waals surface area contributed by atoms with E-state index in [2.05, 4.69) is 5.32 Å². The van der Waals surface area contributed by atoms with E-state index in [1.165, 1.54) is 0 Å².